The molecule has 96 valence electrons. The average molecular weight is 292 g/mol. The third-order valence-corrected chi connectivity index (χ3v) is 4.73. The molecule has 0 amide bonds. The summed E-state index contributed by atoms with van der Waals surface area (Å²) in [6.07, 6.45) is 0. The maximum Gasteiger partial charge on any atom is 0.293 e. The largest absolute Gasteiger partial charge is 0.448 e. The predicted octanol–water partition coefficient (Wildman–Crippen LogP) is 3.59. The lowest BCUT2D eigenvalue weighted by molar-refractivity contribution is -0.0863. The summed E-state index contributed by atoms with van der Waals surface area (Å²) < 4.78 is 11.9. The lowest BCUT2D eigenvalue weighted by atomic mass is 10.1. The fraction of sp³-hybridized carbons (Fsp3) is 0.214. The van der Waals surface area contributed by atoms with E-state index in [0.29, 0.717) is 12.4 Å². The molecule has 3 nitrogen and oxygen atoms in total. The average Bonchev–Trinajstić information content (AvgIpc) is 3.12. The van der Waals surface area contributed by atoms with E-state index in [-0.39, 0.29) is 5.38 Å². The second-order valence-electron chi connectivity index (χ2n) is 4.52. The number of benzene rings is 1. The van der Waals surface area contributed by atoms with Crippen LogP contribution in [0.3, 0.4) is 0 Å². The molecule has 4 rings (SSSR count). The van der Waals surface area contributed by atoms with Crippen LogP contribution in [0, 0.1) is 0 Å². The molecular formula is C14H10ClNO2S. The molecule has 2 atom stereocenters. The SMILES string of the molecule is Cl[C@H]1c2ccccc2O[C@@]12CN=C(c1cccs1)O2. The van der Waals surface area contributed by atoms with Gasteiger partial charge in [-0.25, -0.2) is 4.99 Å². The molecule has 19 heavy (non-hydrogen) atoms. The second-order valence-corrected chi connectivity index (χ2v) is 5.90. The molecule has 1 spiro atoms. The van der Waals surface area contributed by atoms with Crippen molar-refractivity contribution in [3.05, 3.63) is 52.2 Å². The van der Waals surface area contributed by atoms with E-state index >= 15 is 0 Å². The minimum atomic E-state index is -0.884. The number of fused-ring (bicyclic) bond motifs is 1. The number of ether oxygens (including phenoxy) is 2. The van der Waals surface area contributed by atoms with E-state index < -0.39 is 5.79 Å². The minimum absolute atomic E-state index is 0.343. The van der Waals surface area contributed by atoms with Crippen LogP contribution in [0.25, 0.3) is 0 Å². The maximum atomic E-state index is 6.51. The van der Waals surface area contributed by atoms with Gasteiger partial charge in [0.25, 0.3) is 5.79 Å². The van der Waals surface area contributed by atoms with Gasteiger partial charge in [0.2, 0.25) is 5.90 Å². The highest BCUT2D eigenvalue weighted by molar-refractivity contribution is 7.12. The van der Waals surface area contributed by atoms with Gasteiger partial charge in [0, 0.05) is 5.56 Å². The summed E-state index contributed by atoms with van der Waals surface area (Å²) in [6.45, 7) is 0.420. The van der Waals surface area contributed by atoms with Gasteiger partial charge >= 0.3 is 0 Å². The lowest BCUT2D eigenvalue weighted by Gasteiger charge is -2.25. The zero-order valence-corrected chi connectivity index (χ0v) is 11.4. The fourth-order valence-electron chi connectivity index (χ4n) is 2.38. The Balaban J connectivity index is 1.66. The predicted molar refractivity (Wildman–Crippen MR) is 75.2 cm³/mol. The van der Waals surface area contributed by atoms with Gasteiger partial charge in [0.15, 0.2) is 0 Å². The van der Waals surface area contributed by atoms with Crippen molar-refractivity contribution in [1.29, 1.82) is 0 Å². The normalized spacial score (nSPS) is 27.8. The third kappa shape index (κ3) is 1.60. The van der Waals surface area contributed by atoms with Crippen LogP contribution < -0.4 is 4.74 Å². The van der Waals surface area contributed by atoms with Gasteiger partial charge in [0.05, 0.1) is 4.88 Å². The Hall–Kier alpha value is -1.52. The van der Waals surface area contributed by atoms with Crippen LogP contribution in [0.4, 0.5) is 0 Å². The van der Waals surface area contributed by atoms with E-state index in [1.807, 2.05) is 41.8 Å². The number of hydrogen-bond donors (Lipinski definition) is 0. The van der Waals surface area contributed by atoms with Gasteiger partial charge in [0.1, 0.15) is 17.7 Å². The number of hydrogen-bond acceptors (Lipinski definition) is 4. The number of nitrogens with zero attached hydrogens (tertiary/aromatic N) is 1. The van der Waals surface area contributed by atoms with E-state index in [1.165, 1.54) is 0 Å². The van der Waals surface area contributed by atoms with Crippen LogP contribution >= 0.6 is 22.9 Å². The molecule has 2 aliphatic heterocycles. The topological polar surface area (TPSA) is 30.8 Å². The summed E-state index contributed by atoms with van der Waals surface area (Å²) in [4.78, 5) is 5.44. The first kappa shape index (κ1) is 11.3. The van der Waals surface area contributed by atoms with E-state index in [0.717, 1.165) is 16.2 Å². The van der Waals surface area contributed by atoms with Crippen molar-refractivity contribution in [2.24, 2.45) is 4.99 Å². The molecule has 0 saturated carbocycles. The molecule has 0 aliphatic carbocycles. The third-order valence-electron chi connectivity index (χ3n) is 3.31. The van der Waals surface area contributed by atoms with Crippen molar-refractivity contribution in [3.8, 4) is 5.75 Å². The van der Waals surface area contributed by atoms with Crippen LogP contribution in [0.15, 0.2) is 46.8 Å². The smallest absolute Gasteiger partial charge is 0.293 e. The number of para-hydroxylation sites is 1. The number of halogens is 1. The van der Waals surface area contributed by atoms with Crippen molar-refractivity contribution in [1.82, 2.24) is 0 Å². The van der Waals surface area contributed by atoms with Crippen molar-refractivity contribution >= 4 is 28.8 Å². The van der Waals surface area contributed by atoms with Crippen molar-refractivity contribution in [3.63, 3.8) is 0 Å². The van der Waals surface area contributed by atoms with Gasteiger partial charge < -0.3 is 9.47 Å². The molecular weight excluding hydrogens is 282 g/mol. The van der Waals surface area contributed by atoms with Gasteiger partial charge in [-0.15, -0.1) is 22.9 Å². The maximum absolute atomic E-state index is 6.51. The molecule has 5 heteroatoms. The summed E-state index contributed by atoms with van der Waals surface area (Å²) >= 11 is 8.11. The molecule has 2 aliphatic rings. The van der Waals surface area contributed by atoms with Crippen LogP contribution in [0.2, 0.25) is 0 Å². The molecule has 0 fully saturated rings. The number of alkyl halides is 1. The van der Waals surface area contributed by atoms with Gasteiger partial charge in [-0.05, 0) is 17.5 Å². The fourth-order valence-corrected chi connectivity index (χ4v) is 3.39. The summed E-state index contributed by atoms with van der Waals surface area (Å²) in [6, 6.07) is 11.7. The zero-order valence-electron chi connectivity index (χ0n) is 9.88. The Bertz CT molecular complexity index is 655. The highest BCUT2D eigenvalue weighted by Gasteiger charge is 2.53. The Morgan fingerprint density at radius 3 is 2.89 bits per heavy atom. The van der Waals surface area contributed by atoms with E-state index in [2.05, 4.69) is 4.99 Å². The summed E-state index contributed by atoms with van der Waals surface area (Å²) in [5, 5.41) is 1.65. The van der Waals surface area contributed by atoms with Crippen molar-refractivity contribution < 1.29 is 9.47 Å². The Morgan fingerprint density at radius 1 is 1.21 bits per heavy atom. The molecule has 0 saturated heterocycles. The first-order valence-corrected chi connectivity index (χ1v) is 7.29. The van der Waals surface area contributed by atoms with Crippen LogP contribution in [0.5, 0.6) is 5.75 Å². The van der Waals surface area contributed by atoms with Crippen LogP contribution in [-0.2, 0) is 4.74 Å². The Kier molecular flexibility index (Phi) is 2.37. The molecule has 0 N–H and O–H groups in total. The van der Waals surface area contributed by atoms with E-state index in [9.17, 15) is 0 Å². The highest BCUT2D eigenvalue weighted by atomic mass is 35.5. The lowest BCUT2D eigenvalue weighted by Crippen LogP contribution is -2.40. The monoisotopic (exact) mass is 291 g/mol. The molecule has 2 aromatic rings. The van der Waals surface area contributed by atoms with Crippen molar-refractivity contribution in [2.45, 2.75) is 11.2 Å². The summed E-state index contributed by atoms with van der Waals surface area (Å²) in [5.41, 5.74) is 0.965. The molecule has 1 aromatic heterocycles. The van der Waals surface area contributed by atoms with E-state index in [1.54, 1.807) is 11.3 Å². The summed E-state index contributed by atoms with van der Waals surface area (Å²) in [5.74, 6) is 0.517. The first-order valence-electron chi connectivity index (χ1n) is 5.98. The minimum Gasteiger partial charge on any atom is -0.448 e. The number of rotatable bonds is 1. The molecule has 0 bridgehead atoms. The Morgan fingerprint density at radius 2 is 2.11 bits per heavy atom. The van der Waals surface area contributed by atoms with Gasteiger partial charge in [-0.3, -0.25) is 0 Å². The second kappa shape index (κ2) is 3.99. The molecule has 3 heterocycles. The van der Waals surface area contributed by atoms with Gasteiger partial charge in [-0.1, -0.05) is 24.3 Å². The zero-order chi connectivity index (χ0) is 12.9. The van der Waals surface area contributed by atoms with Crippen LogP contribution in [-0.4, -0.2) is 18.2 Å². The molecule has 0 unspecified atom stereocenters. The summed E-state index contributed by atoms with van der Waals surface area (Å²) in [7, 11) is 0. The quantitative estimate of drug-likeness (QED) is 0.752. The number of thiophene rings is 1. The standard InChI is InChI=1S/C14H10ClNO2S/c15-12-9-4-1-2-5-10(9)17-14(12)8-16-13(18-14)11-6-3-7-19-11/h1-7,12H,8H2/t12-,14+/m0/s1. The molecule has 1 aromatic carbocycles. The van der Waals surface area contributed by atoms with Gasteiger partial charge in [-0.2, -0.15) is 0 Å². The van der Waals surface area contributed by atoms with E-state index in [4.69, 9.17) is 21.1 Å². The van der Waals surface area contributed by atoms with Crippen LogP contribution in [0.1, 0.15) is 15.8 Å². The first-order chi connectivity index (χ1) is 9.28. The van der Waals surface area contributed by atoms with Crippen molar-refractivity contribution in [2.75, 3.05) is 6.54 Å². The number of aliphatic imine (C=N–C) groups is 1. The molecule has 0 radical (unpaired) electrons. The highest BCUT2D eigenvalue weighted by Crippen LogP contribution is 2.49. The Labute approximate surface area is 119 Å².